The molecule has 1 aromatic rings. The largest absolute Gasteiger partial charge is 0.432 e. The van der Waals surface area contributed by atoms with E-state index in [-0.39, 0.29) is 0 Å². The number of hydrogen-bond acceptors (Lipinski definition) is 2. The van der Waals surface area contributed by atoms with Gasteiger partial charge in [-0.05, 0) is 36.8 Å². The molecule has 1 N–H and O–H groups in total. The van der Waals surface area contributed by atoms with E-state index in [1.165, 1.54) is 12.1 Å². The second-order valence-corrected chi connectivity index (χ2v) is 5.34. The number of rotatable bonds is 5. The van der Waals surface area contributed by atoms with E-state index >= 15 is 0 Å². The molecule has 19 heavy (non-hydrogen) atoms. The average molecular weight is 273 g/mol. The predicted octanol–water partition coefficient (Wildman–Crippen LogP) is 4.27. The summed E-state index contributed by atoms with van der Waals surface area (Å²) >= 11 is 0. The van der Waals surface area contributed by atoms with Crippen LogP contribution in [0.2, 0.25) is 0 Å². The Morgan fingerprint density at radius 2 is 1.95 bits per heavy atom. The summed E-state index contributed by atoms with van der Waals surface area (Å²) in [5.74, 6) is 0.180. The molecule has 2 nitrogen and oxygen atoms in total. The number of hydrogen-bond donors (Lipinski definition) is 1. The van der Waals surface area contributed by atoms with Crippen molar-refractivity contribution in [3.8, 4) is 5.75 Å². The summed E-state index contributed by atoms with van der Waals surface area (Å²) in [7, 11) is 0. The summed E-state index contributed by atoms with van der Waals surface area (Å²) in [6.07, 6.45) is 2.13. The molecule has 1 aliphatic rings. The summed E-state index contributed by atoms with van der Waals surface area (Å²) < 4.78 is 41.5. The molecule has 0 radical (unpaired) electrons. The van der Waals surface area contributed by atoms with Crippen LogP contribution in [-0.2, 0) is 0 Å². The molecule has 106 valence electrons. The second-order valence-electron chi connectivity index (χ2n) is 5.34. The first kappa shape index (κ1) is 14.0. The monoisotopic (exact) mass is 273 g/mol. The number of alkyl halides is 2. The van der Waals surface area contributed by atoms with E-state index in [1.807, 2.05) is 0 Å². The standard InChI is InChI=1S/C14H18F3NO/c1-8(2)9-5-11(6-9)18-10-3-4-13(12(15)7-10)19-14(16)17/h3-4,7-9,11,14,18H,5-6H2,1-2H3. The summed E-state index contributed by atoms with van der Waals surface area (Å²) in [6.45, 7) is 1.38. The van der Waals surface area contributed by atoms with Crippen molar-refractivity contribution >= 4 is 5.69 Å². The van der Waals surface area contributed by atoms with Gasteiger partial charge in [-0.25, -0.2) is 4.39 Å². The van der Waals surface area contributed by atoms with E-state index in [0.717, 1.165) is 12.8 Å². The van der Waals surface area contributed by atoms with Crippen molar-refractivity contribution in [1.82, 2.24) is 0 Å². The Kier molecular flexibility index (Phi) is 4.22. The highest BCUT2D eigenvalue weighted by atomic mass is 19.3. The van der Waals surface area contributed by atoms with Crippen LogP contribution in [-0.4, -0.2) is 12.7 Å². The lowest BCUT2D eigenvalue weighted by molar-refractivity contribution is -0.0521. The number of anilines is 1. The van der Waals surface area contributed by atoms with Gasteiger partial charge in [0.15, 0.2) is 11.6 Å². The Labute approximate surface area is 111 Å². The van der Waals surface area contributed by atoms with Gasteiger partial charge in [0.05, 0.1) is 0 Å². The third-order valence-electron chi connectivity index (χ3n) is 3.64. The predicted molar refractivity (Wildman–Crippen MR) is 68.0 cm³/mol. The maximum atomic E-state index is 13.5. The Balaban J connectivity index is 1.90. The molecular weight excluding hydrogens is 255 g/mol. The van der Waals surface area contributed by atoms with Gasteiger partial charge in [0.1, 0.15) is 0 Å². The molecule has 0 aromatic heterocycles. The van der Waals surface area contributed by atoms with Gasteiger partial charge in [0.2, 0.25) is 0 Å². The molecule has 5 heteroatoms. The third-order valence-corrected chi connectivity index (χ3v) is 3.64. The minimum Gasteiger partial charge on any atom is -0.432 e. The van der Waals surface area contributed by atoms with Crippen molar-refractivity contribution in [2.24, 2.45) is 11.8 Å². The van der Waals surface area contributed by atoms with E-state index in [4.69, 9.17) is 0 Å². The lowest BCUT2D eigenvalue weighted by atomic mass is 9.73. The number of halogens is 3. The molecule has 0 aliphatic heterocycles. The summed E-state index contributed by atoms with van der Waals surface area (Å²) in [4.78, 5) is 0. The van der Waals surface area contributed by atoms with Crippen LogP contribution < -0.4 is 10.1 Å². The van der Waals surface area contributed by atoms with Gasteiger partial charge in [-0.3, -0.25) is 0 Å². The topological polar surface area (TPSA) is 21.3 Å². The van der Waals surface area contributed by atoms with Crippen LogP contribution in [0.1, 0.15) is 26.7 Å². The Hall–Kier alpha value is -1.39. The summed E-state index contributed by atoms with van der Waals surface area (Å²) in [6, 6.07) is 4.32. The van der Waals surface area contributed by atoms with E-state index in [1.54, 1.807) is 6.07 Å². The summed E-state index contributed by atoms with van der Waals surface area (Å²) in [5, 5.41) is 3.20. The summed E-state index contributed by atoms with van der Waals surface area (Å²) in [5.41, 5.74) is 0.603. The first-order valence-corrected chi connectivity index (χ1v) is 6.46. The zero-order valence-electron chi connectivity index (χ0n) is 11.0. The zero-order chi connectivity index (χ0) is 14.0. The van der Waals surface area contributed by atoms with Crippen LogP contribution in [0.25, 0.3) is 0 Å². The van der Waals surface area contributed by atoms with Crippen molar-refractivity contribution in [3.05, 3.63) is 24.0 Å². The van der Waals surface area contributed by atoms with Crippen molar-refractivity contribution in [1.29, 1.82) is 0 Å². The molecule has 1 aromatic carbocycles. The maximum absolute atomic E-state index is 13.5. The smallest absolute Gasteiger partial charge is 0.387 e. The lowest BCUT2D eigenvalue weighted by Crippen LogP contribution is -2.37. The molecular formula is C14H18F3NO. The van der Waals surface area contributed by atoms with E-state index in [2.05, 4.69) is 23.9 Å². The van der Waals surface area contributed by atoms with E-state index in [0.29, 0.717) is 23.6 Å². The molecule has 0 saturated heterocycles. The Morgan fingerprint density at radius 3 is 2.47 bits per heavy atom. The van der Waals surface area contributed by atoms with Crippen LogP contribution >= 0.6 is 0 Å². The molecule has 0 bridgehead atoms. The third kappa shape index (κ3) is 3.55. The van der Waals surface area contributed by atoms with Crippen LogP contribution in [0.3, 0.4) is 0 Å². The maximum Gasteiger partial charge on any atom is 0.387 e. The minimum atomic E-state index is -3.01. The number of ether oxygens (including phenoxy) is 1. The highest BCUT2D eigenvalue weighted by molar-refractivity contribution is 5.48. The molecule has 0 amide bonds. The molecule has 0 atom stereocenters. The zero-order valence-corrected chi connectivity index (χ0v) is 11.0. The van der Waals surface area contributed by atoms with Crippen LogP contribution in [0, 0.1) is 17.7 Å². The van der Waals surface area contributed by atoms with Gasteiger partial charge in [0, 0.05) is 17.8 Å². The van der Waals surface area contributed by atoms with Gasteiger partial charge < -0.3 is 10.1 Å². The first-order chi connectivity index (χ1) is 8.95. The van der Waals surface area contributed by atoms with Gasteiger partial charge in [0.25, 0.3) is 0 Å². The van der Waals surface area contributed by atoms with Crippen molar-refractivity contribution < 1.29 is 17.9 Å². The van der Waals surface area contributed by atoms with Gasteiger partial charge in [-0.2, -0.15) is 8.78 Å². The molecule has 1 fully saturated rings. The molecule has 0 unspecified atom stereocenters. The highest BCUT2D eigenvalue weighted by Gasteiger charge is 2.31. The fourth-order valence-electron chi connectivity index (χ4n) is 2.34. The van der Waals surface area contributed by atoms with Gasteiger partial charge >= 0.3 is 6.61 Å². The van der Waals surface area contributed by atoms with Crippen molar-refractivity contribution in [2.45, 2.75) is 39.3 Å². The lowest BCUT2D eigenvalue weighted by Gasteiger charge is -2.39. The quantitative estimate of drug-likeness (QED) is 0.864. The van der Waals surface area contributed by atoms with Crippen molar-refractivity contribution in [3.63, 3.8) is 0 Å². The second kappa shape index (κ2) is 5.72. The van der Waals surface area contributed by atoms with E-state index in [9.17, 15) is 13.2 Å². The molecule has 1 saturated carbocycles. The molecule has 0 spiro atoms. The molecule has 2 rings (SSSR count). The average Bonchev–Trinajstić information content (AvgIpc) is 2.25. The Morgan fingerprint density at radius 1 is 1.26 bits per heavy atom. The van der Waals surface area contributed by atoms with Crippen LogP contribution in [0.15, 0.2) is 18.2 Å². The Bertz CT molecular complexity index is 431. The highest BCUT2D eigenvalue weighted by Crippen LogP contribution is 2.36. The SMILES string of the molecule is CC(C)C1CC(Nc2ccc(OC(F)F)c(F)c2)C1. The van der Waals surface area contributed by atoms with E-state index < -0.39 is 18.2 Å². The normalized spacial score (nSPS) is 22.5. The van der Waals surface area contributed by atoms with Gasteiger partial charge in [-0.1, -0.05) is 13.8 Å². The fourth-order valence-corrected chi connectivity index (χ4v) is 2.34. The number of benzene rings is 1. The van der Waals surface area contributed by atoms with Gasteiger partial charge in [-0.15, -0.1) is 0 Å². The first-order valence-electron chi connectivity index (χ1n) is 6.46. The van der Waals surface area contributed by atoms with Crippen LogP contribution in [0.5, 0.6) is 5.75 Å². The fraction of sp³-hybridized carbons (Fsp3) is 0.571. The molecule has 0 heterocycles. The minimum absolute atomic E-state index is 0.341. The van der Waals surface area contributed by atoms with Crippen LogP contribution in [0.4, 0.5) is 18.9 Å². The number of nitrogens with one attached hydrogen (secondary N) is 1. The molecule has 1 aliphatic carbocycles. The van der Waals surface area contributed by atoms with Crippen molar-refractivity contribution in [2.75, 3.05) is 5.32 Å².